The van der Waals surface area contributed by atoms with Gasteiger partial charge in [0.2, 0.25) is 26.0 Å². The fourth-order valence-electron chi connectivity index (χ4n) is 4.69. The van der Waals surface area contributed by atoms with E-state index in [1.54, 1.807) is 24.3 Å². The van der Waals surface area contributed by atoms with Crippen LogP contribution in [-0.4, -0.2) is 71.2 Å². The molecule has 2 saturated heterocycles. The van der Waals surface area contributed by atoms with Gasteiger partial charge < -0.3 is 10.1 Å². The van der Waals surface area contributed by atoms with Crippen molar-refractivity contribution in [3.8, 4) is 5.75 Å². The molecule has 202 valence electrons. The van der Waals surface area contributed by atoms with E-state index in [0.717, 1.165) is 18.4 Å². The van der Waals surface area contributed by atoms with Crippen LogP contribution in [0, 0.1) is 5.92 Å². The minimum absolute atomic E-state index is 0.0976. The van der Waals surface area contributed by atoms with Crippen molar-refractivity contribution in [3.05, 3.63) is 53.1 Å². The van der Waals surface area contributed by atoms with E-state index >= 15 is 0 Å². The lowest BCUT2D eigenvalue weighted by molar-refractivity contribution is -0.126. The van der Waals surface area contributed by atoms with Gasteiger partial charge in [-0.15, -0.1) is 0 Å². The van der Waals surface area contributed by atoms with Crippen LogP contribution in [0.3, 0.4) is 0 Å². The summed E-state index contributed by atoms with van der Waals surface area (Å²) in [4.78, 5) is 13.1. The van der Waals surface area contributed by atoms with Crippen LogP contribution in [0.5, 0.6) is 5.75 Å². The Kier molecular flexibility index (Phi) is 8.80. The van der Waals surface area contributed by atoms with Gasteiger partial charge in [-0.2, -0.15) is 8.61 Å². The van der Waals surface area contributed by atoms with Gasteiger partial charge in [0, 0.05) is 38.6 Å². The summed E-state index contributed by atoms with van der Waals surface area (Å²) < 4.78 is 59.3. The zero-order valence-electron chi connectivity index (χ0n) is 20.7. The lowest BCUT2D eigenvalue weighted by Gasteiger charge is -2.30. The minimum Gasteiger partial charge on any atom is -0.495 e. The van der Waals surface area contributed by atoms with E-state index in [1.807, 2.05) is 0 Å². The average molecular weight is 570 g/mol. The molecule has 0 aromatic heterocycles. The number of sulfonamides is 2. The van der Waals surface area contributed by atoms with Crippen LogP contribution in [0.2, 0.25) is 5.02 Å². The smallest absolute Gasteiger partial charge is 0.243 e. The predicted octanol–water partition coefficient (Wildman–Crippen LogP) is 2.89. The van der Waals surface area contributed by atoms with Gasteiger partial charge in [0.1, 0.15) is 5.75 Å². The monoisotopic (exact) mass is 569 g/mol. The Morgan fingerprint density at radius 1 is 0.919 bits per heavy atom. The van der Waals surface area contributed by atoms with Gasteiger partial charge in [0.15, 0.2) is 0 Å². The molecular formula is C25H32ClN3O6S2. The predicted molar refractivity (Wildman–Crippen MR) is 141 cm³/mol. The number of benzene rings is 2. The summed E-state index contributed by atoms with van der Waals surface area (Å²) >= 11 is 6.10. The third kappa shape index (κ3) is 6.28. The molecule has 2 aromatic carbocycles. The fourth-order valence-corrected chi connectivity index (χ4v) is 8.03. The summed E-state index contributed by atoms with van der Waals surface area (Å²) in [5, 5.41) is 3.15. The molecule has 2 fully saturated rings. The molecule has 0 spiro atoms. The van der Waals surface area contributed by atoms with E-state index in [2.05, 4.69) is 5.32 Å². The number of amides is 1. The SMILES string of the molecule is COc1ccc(S(=O)(=O)N2CCC(C(=O)NCCc3ccc(S(=O)(=O)N4CCCC4)cc3)CC2)cc1Cl. The number of carbonyl (C=O) groups excluding carboxylic acids is 1. The van der Waals surface area contributed by atoms with Gasteiger partial charge in [-0.3, -0.25) is 4.79 Å². The number of halogens is 1. The molecule has 0 radical (unpaired) electrons. The molecule has 2 aliphatic heterocycles. The Labute approximate surface area is 223 Å². The van der Waals surface area contributed by atoms with E-state index in [4.69, 9.17) is 16.3 Å². The Bertz CT molecular complexity index is 1320. The first kappa shape index (κ1) is 27.8. The number of piperidine rings is 1. The summed E-state index contributed by atoms with van der Waals surface area (Å²) in [6, 6.07) is 11.2. The lowest BCUT2D eigenvalue weighted by Crippen LogP contribution is -2.43. The number of nitrogens with one attached hydrogen (secondary N) is 1. The molecule has 1 amide bonds. The molecule has 4 rings (SSSR count). The van der Waals surface area contributed by atoms with Crippen molar-refractivity contribution in [3.63, 3.8) is 0 Å². The van der Waals surface area contributed by atoms with Crippen molar-refractivity contribution >= 4 is 37.6 Å². The van der Waals surface area contributed by atoms with Crippen LogP contribution < -0.4 is 10.1 Å². The summed E-state index contributed by atoms with van der Waals surface area (Å²) in [5.74, 6) is 0.0377. The molecule has 2 aliphatic rings. The molecule has 37 heavy (non-hydrogen) atoms. The molecule has 2 aromatic rings. The number of hydrogen-bond donors (Lipinski definition) is 1. The van der Waals surface area contributed by atoms with E-state index in [-0.39, 0.29) is 34.8 Å². The summed E-state index contributed by atoms with van der Waals surface area (Å²) in [6.45, 7) is 2.04. The van der Waals surface area contributed by atoms with Gasteiger partial charge in [0.05, 0.1) is 21.9 Å². The Balaban J connectivity index is 1.25. The first-order valence-corrected chi connectivity index (χ1v) is 15.6. The van der Waals surface area contributed by atoms with Crippen LogP contribution in [0.25, 0.3) is 0 Å². The third-order valence-electron chi connectivity index (χ3n) is 6.92. The quantitative estimate of drug-likeness (QED) is 0.497. The summed E-state index contributed by atoms with van der Waals surface area (Å²) in [5.41, 5.74) is 0.930. The van der Waals surface area contributed by atoms with E-state index in [0.29, 0.717) is 49.5 Å². The molecule has 1 N–H and O–H groups in total. The highest BCUT2D eigenvalue weighted by molar-refractivity contribution is 7.89. The maximum absolute atomic E-state index is 13.0. The molecule has 0 unspecified atom stereocenters. The van der Waals surface area contributed by atoms with Crippen molar-refractivity contribution in [2.75, 3.05) is 39.8 Å². The van der Waals surface area contributed by atoms with Crippen molar-refractivity contribution in [2.24, 2.45) is 5.92 Å². The number of carbonyl (C=O) groups is 1. The maximum Gasteiger partial charge on any atom is 0.243 e. The lowest BCUT2D eigenvalue weighted by atomic mass is 9.97. The molecule has 0 bridgehead atoms. The second-order valence-corrected chi connectivity index (χ2v) is 13.6. The Morgan fingerprint density at radius 2 is 1.49 bits per heavy atom. The van der Waals surface area contributed by atoms with Crippen molar-refractivity contribution in [1.29, 1.82) is 0 Å². The van der Waals surface area contributed by atoms with Crippen molar-refractivity contribution < 1.29 is 26.4 Å². The zero-order chi connectivity index (χ0) is 26.6. The van der Waals surface area contributed by atoms with Gasteiger partial charge >= 0.3 is 0 Å². The van der Waals surface area contributed by atoms with E-state index < -0.39 is 20.0 Å². The molecular weight excluding hydrogens is 538 g/mol. The fraction of sp³-hybridized carbons (Fsp3) is 0.480. The second kappa shape index (κ2) is 11.7. The molecule has 0 saturated carbocycles. The maximum atomic E-state index is 13.0. The average Bonchev–Trinajstić information content (AvgIpc) is 3.45. The van der Waals surface area contributed by atoms with Crippen LogP contribution >= 0.6 is 11.6 Å². The second-order valence-electron chi connectivity index (χ2n) is 9.27. The van der Waals surface area contributed by atoms with Crippen molar-refractivity contribution in [2.45, 2.75) is 41.9 Å². The molecule has 0 atom stereocenters. The van der Waals surface area contributed by atoms with Gasteiger partial charge in [-0.05, 0) is 68.0 Å². The topological polar surface area (TPSA) is 113 Å². The number of methoxy groups -OCH3 is 1. The Hall–Kier alpha value is -2.18. The Morgan fingerprint density at radius 3 is 2.08 bits per heavy atom. The number of ether oxygens (including phenoxy) is 1. The highest BCUT2D eigenvalue weighted by Gasteiger charge is 2.32. The molecule has 9 nitrogen and oxygen atoms in total. The van der Waals surface area contributed by atoms with Crippen LogP contribution in [0.1, 0.15) is 31.2 Å². The largest absolute Gasteiger partial charge is 0.495 e. The highest BCUT2D eigenvalue weighted by Crippen LogP contribution is 2.30. The van der Waals surface area contributed by atoms with E-state index in [9.17, 15) is 21.6 Å². The normalized spacial score (nSPS) is 18.1. The highest BCUT2D eigenvalue weighted by atomic mass is 35.5. The van der Waals surface area contributed by atoms with Gasteiger partial charge in [-0.25, -0.2) is 16.8 Å². The van der Waals surface area contributed by atoms with Crippen LogP contribution in [-0.2, 0) is 31.3 Å². The van der Waals surface area contributed by atoms with Crippen LogP contribution in [0.15, 0.2) is 52.3 Å². The molecule has 0 aliphatic carbocycles. The molecule has 2 heterocycles. The summed E-state index contributed by atoms with van der Waals surface area (Å²) in [7, 11) is -5.69. The van der Waals surface area contributed by atoms with Gasteiger partial charge in [-0.1, -0.05) is 23.7 Å². The van der Waals surface area contributed by atoms with Crippen molar-refractivity contribution in [1.82, 2.24) is 13.9 Å². The third-order valence-corrected chi connectivity index (χ3v) is 11.0. The number of nitrogens with zero attached hydrogens (tertiary/aromatic N) is 2. The zero-order valence-corrected chi connectivity index (χ0v) is 23.1. The summed E-state index contributed by atoms with van der Waals surface area (Å²) in [6.07, 6.45) is 3.21. The first-order chi connectivity index (χ1) is 17.6. The molecule has 12 heteroatoms. The van der Waals surface area contributed by atoms with Crippen LogP contribution in [0.4, 0.5) is 0 Å². The number of hydrogen-bond acceptors (Lipinski definition) is 6. The minimum atomic E-state index is -3.72. The first-order valence-electron chi connectivity index (χ1n) is 12.3. The van der Waals surface area contributed by atoms with E-state index in [1.165, 1.54) is 33.9 Å². The standard InChI is InChI=1S/C25H32ClN3O6S2/c1-35-24-9-8-22(18-23(24)26)37(33,34)29-16-11-20(12-17-29)25(30)27-13-10-19-4-6-21(7-5-19)36(31,32)28-14-2-3-15-28/h4-9,18,20H,2-3,10-17H2,1H3,(H,27,30). The van der Waals surface area contributed by atoms with Gasteiger partial charge in [0.25, 0.3) is 0 Å². The number of rotatable bonds is 9.